The standard InChI is InChI=1S/C15H21NO3S/c1-3-4-7-16(8-10-18)15(19)14-11-12(2)13(20-14)6-5-9-17/h11,17-18H,3-4,7-10H2,1-2H3. The highest BCUT2D eigenvalue weighted by Crippen LogP contribution is 2.22. The molecule has 0 bridgehead atoms. The fourth-order valence-electron chi connectivity index (χ4n) is 1.77. The van der Waals surface area contributed by atoms with E-state index in [2.05, 4.69) is 18.8 Å². The molecular weight excluding hydrogens is 274 g/mol. The summed E-state index contributed by atoms with van der Waals surface area (Å²) in [7, 11) is 0. The van der Waals surface area contributed by atoms with Crippen LogP contribution < -0.4 is 0 Å². The lowest BCUT2D eigenvalue weighted by atomic mass is 10.2. The zero-order chi connectivity index (χ0) is 15.0. The summed E-state index contributed by atoms with van der Waals surface area (Å²) in [6, 6.07) is 1.82. The van der Waals surface area contributed by atoms with Gasteiger partial charge in [-0.25, -0.2) is 0 Å². The van der Waals surface area contributed by atoms with Crippen molar-refractivity contribution < 1.29 is 15.0 Å². The van der Waals surface area contributed by atoms with Crippen LogP contribution in [0, 0.1) is 18.8 Å². The summed E-state index contributed by atoms with van der Waals surface area (Å²) in [6.07, 6.45) is 1.93. The van der Waals surface area contributed by atoms with Crippen LogP contribution in [0.5, 0.6) is 0 Å². The molecule has 0 spiro atoms. The molecule has 0 fully saturated rings. The second-order valence-corrected chi connectivity index (χ2v) is 5.50. The predicted octanol–water partition coefficient (Wildman–Crippen LogP) is 1.63. The minimum absolute atomic E-state index is 0.0308. The van der Waals surface area contributed by atoms with Crippen molar-refractivity contribution >= 4 is 17.2 Å². The van der Waals surface area contributed by atoms with Crippen molar-refractivity contribution in [2.45, 2.75) is 26.7 Å². The molecule has 0 unspecified atom stereocenters. The van der Waals surface area contributed by atoms with Crippen LogP contribution in [-0.4, -0.2) is 47.3 Å². The molecule has 0 aliphatic rings. The summed E-state index contributed by atoms with van der Waals surface area (Å²) in [5, 5.41) is 17.8. The van der Waals surface area contributed by atoms with Crippen LogP contribution in [0.2, 0.25) is 0 Å². The van der Waals surface area contributed by atoms with E-state index < -0.39 is 0 Å². The minimum atomic E-state index is -0.187. The molecule has 5 heteroatoms. The number of thiophene rings is 1. The molecular formula is C15H21NO3S. The molecule has 0 radical (unpaired) electrons. The molecule has 0 saturated heterocycles. The number of unbranched alkanes of at least 4 members (excludes halogenated alkanes) is 1. The molecule has 0 aromatic carbocycles. The smallest absolute Gasteiger partial charge is 0.264 e. The summed E-state index contributed by atoms with van der Waals surface area (Å²) < 4.78 is 0. The van der Waals surface area contributed by atoms with E-state index in [-0.39, 0.29) is 19.1 Å². The zero-order valence-electron chi connectivity index (χ0n) is 12.0. The summed E-state index contributed by atoms with van der Waals surface area (Å²) in [5.74, 6) is 5.39. The van der Waals surface area contributed by atoms with Crippen molar-refractivity contribution in [3.63, 3.8) is 0 Å². The van der Waals surface area contributed by atoms with Crippen LogP contribution in [0.25, 0.3) is 0 Å². The van der Waals surface area contributed by atoms with Crippen molar-refractivity contribution in [1.29, 1.82) is 0 Å². The molecule has 4 nitrogen and oxygen atoms in total. The van der Waals surface area contributed by atoms with Crippen LogP contribution in [0.3, 0.4) is 0 Å². The van der Waals surface area contributed by atoms with Gasteiger partial charge in [-0.2, -0.15) is 0 Å². The first-order valence-electron chi connectivity index (χ1n) is 6.74. The van der Waals surface area contributed by atoms with Gasteiger partial charge in [0.25, 0.3) is 5.91 Å². The van der Waals surface area contributed by atoms with Crippen LogP contribution in [0.1, 0.15) is 39.9 Å². The topological polar surface area (TPSA) is 60.8 Å². The monoisotopic (exact) mass is 295 g/mol. The van der Waals surface area contributed by atoms with E-state index in [4.69, 9.17) is 10.2 Å². The predicted molar refractivity (Wildman–Crippen MR) is 80.9 cm³/mol. The second-order valence-electron chi connectivity index (χ2n) is 4.45. The molecule has 1 heterocycles. The van der Waals surface area contributed by atoms with Gasteiger partial charge in [0.05, 0.1) is 16.4 Å². The van der Waals surface area contributed by atoms with Gasteiger partial charge in [0, 0.05) is 13.1 Å². The Balaban J connectivity index is 2.88. The molecule has 1 amide bonds. The quantitative estimate of drug-likeness (QED) is 0.784. The first kappa shape index (κ1) is 16.7. The van der Waals surface area contributed by atoms with Crippen LogP contribution in [-0.2, 0) is 0 Å². The largest absolute Gasteiger partial charge is 0.395 e. The number of aliphatic hydroxyl groups excluding tert-OH is 2. The van der Waals surface area contributed by atoms with Gasteiger partial charge in [0.15, 0.2) is 0 Å². The Morgan fingerprint density at radius 1 is 1.40 bits per heavy atom. The molecule has 20 heavy (non-hydrogen) atoms. The first-order chi connectivity index (χ1) is 9.63. The van der Waals surface area contributed by atoms with E-state index in [1.807, 2.05) is 13.0 Å². The number of nitrogens with zero attached hydrogens (tertiary/aromatic N) is 1. The van der Waals surface area contributed by atoms with E-state index in [1.54, 1.807) is 4.90 Å². The Labute approximate surface area is 124 Å². The molecule has 0 aliphatic heterocycles. The summed E-state index contributed by atoms with van der Waals surface area (Å²) in [6.45, 7) is 4.76. The van der Waals surface area contributed by atoms with Gasteiger partial charge in [-0.15, -0.1) is 11.3 Å². The highest BCUT2D eigenvalue weighted by molar-refractivity contribution is 7.14. The van der Waals surface area contributed by atoms with Gasteiger partial charge in [-0.1, -0.05) is 25.2 Å². The number of carbonyl (C=O) groups excluding carboxylic acids is 1. The Morgan fingerprint density at radius 3 is 2.75 bits per heavy atom. The van der Waals surface area contributed by atoms with Crippen LogP contribution in [0.4, 0.5) is 0 Å². The highest BCUT2D eigenvalue weighted by atomic mass is 32.1. The Hall–Kier alpha value is -1.35. The van der Waals surface area contributed by atoms with Gasteiger partial charge in [0.2, 0.25) is 0 Å². The number of aryl methyl sites for hydroxylation is 1. The minimum Gasteiger partial charge on any atom is -0.395 e. The van der Waals surface area contributed by atoms with E-state index >= 15 is 0 Å². The van der Waals surface area contributed by atoms with Gasteiger partial charge >= 0.3 is 0 Å². The molecule has 1 rings (SSSR count). The molecule has 0 atom stereocenters. The number of carbonyl (C=O) groups is 1. The van der Waals surface area contributed by atoms with Crippen molar-refractivity contribution in [3.05, 3.63) is 21.4 Å². The number of amides is 1. The molecule has 0 saturated carbocycles. The lowest BCUT2D eigenvalue weighted by Crippen LogP contribution is -2.33. The van der Waals surface area contributed by atoms with Gasteiger partial charge in [-0.3, -0.25) is 4.79 Å². The van der Waals surface area contributed by atoms with Crippen molar-refractivity contribution in [3.8, 4) is 11.8 Å². The number of aliphatic hydroxyl groups is 2. The maximum Gasteiger partial charge on any atom is 0.264 e. The average molecular weight is 295 g/mol. The zero-order valence-corrected chi connectivity index (χ0v) is 12.8. The molecule has 2 N–H and O–H groups in total. The highest BCUT2D eigenvalue weighted by Gasteiger charge is 2.18. The summed E-state index contributed by atoms with van der Waals surface area (Å²) in [5.41, 5.74) is 0.943. The number of hydrogen-bond donors (Lipinski definition) is 2. The number of hydrogen-bond acceptors (Lipinski definition) is 4. The molecule has 110 valence electrons. The molecule has 1 aromatic heterocycles. The van der Waals surface area contributed by atoms with Crippen LogP contribution in [0.15, 0.2) is 6.07 Å². The lowest BCUT2D eigenvalue weighted by Gasteiger charge is -2.20. The van der Waals surface area contributed by atoms with E-state index in [9.17, 15) is 4.79 Å². The summed E-state index contributed by atoms with van der Waals surface area (Å²) in [4.78, 5) is 15.5. The Kier molecular flexibility index (Phi) is 7.31. The molecule has 0 aliphatic carbocycles. The van der Waals surface area contributed by atoms with Crippen molar-refractivity contribution in [2.75, 3.05) is 26.3 Å². The fraction of sp³-hybridized carbons (Fsp3) is 0.533. The molecule has 1 aromatic rings. The number of rotatable bonds is 6. The average Bonchev–Trinajstić information content (AvgIpc) is 2.81. The maximum absolute atomic E-state index is 12.4. The maximum atomic E-state index is 12.4. The van der Waals surface area contributed by atoms with Crippen LogP contribution >= 0.6 is 11.3 Å². The lowest BCUT2D eigenvalue weighted by molar-refractivity contribution is 0.0724. The first-order valence-corrected chi connectivity index (χ1v) is 7.56. The third-order valence-electron chi connectivity index (χ3n) is 2.85. The van der Waals surface area contributed by atoms with Crippen molar-refractivity contribution in [2.24, 2.45) is 0 Å². The van der Waals surface area contributed by atoms with Crippen molar-refractivity contribution in [1.82, 2.24) is 4.90 Å². The van der Waals surface area contributed by atoms with Gasteiger partial charge in [0.1, 0.15) is 6.61 Å². The SMILES string of the molecule is CCCCN(CCO)C(=O)c1cc(C)c(C#CCO)s1. The van der Waals surface area contributed by atoms with Gasteiger partial charge in [-0.05, 0) is 25.0 Å². The van der Waals surface area contributed by atoms with E-state index in [1.165, 1.54) is 11.3 Å². The second kappa shape index (κ2) is 8.75. The van der Waals surface area contributed by atoms with Gasteiger partial charge < -0.3 is 15.1 Å². The fourth-order valence-corrected chi connectivity index (χ4v) is 2.79. The normalized spacial score (nSPS) is 10.0. The van der Waals surface area contributed by atoms with E-state index in [0.717, 1.165) is 23.3 Å². The Morgan fingerprint density at radius 2 is 2.15 bits per heavy atom. The third kappa shape index (κ3) is 4.64. The Bertz CT molecular complexity index is 499. The third-order valence-corrected chi connectivity index (χ3v) is 3.99. The summed E-state index contributed by atoms with van der Waals surface area (Å²) >= 11 is 1.34. The van der Waals surface area contributed by atoms with E-state index in [0.29, 0.717) is 18.0 Å².